The standard InChI is InChI=1S/C29H32Cl2FN3O4S/c1-4-20(2)33-29(37)26(17-21-11-6-5-7-12-21)34(18-22-13-8-9-15-24(22)32)27(36)19-35(40(3,38)39)25-16-10-14-23(30)28(25)31/h5-16,20,26H,4,17-19H2,1-3H3,(H,33,37). The van der Waals surface area contributed by atoms with Gasteiger partial charge in [-0.3, -0.25) is 13.9 Å². The lowest BCUT2D eigenvalue weighted by atomic mass is 10.0. The number of nitrogens with one attached hydrogen (secondary N) is 1. The third-order valence-electron chi connectivity index (χ3n) is 6.45. The van der Waals surface area contributed by atoms with E-state index < -0.39 is 40.2 Å². The Morgan fingerprint density at radius 1 is 0.975 bits per heavy atom. The molecule has 7 nitrogen and oxygen atoms in total. The van der Waals surface area contributed by atoms with E-state index in [1.807, 2.05) is 44.2 Å². The normalized spacial score (nSPS) is 12.8. The van der Waals surface area contributed by atoms with Crippen molar-refractivity contribution in [1.29, 1.82) is 0 Å². The van der Waals surface area contributed by atoms with Crippen molar-refractivity contribution in [2.24, 2.45) is 0 Å². The maximum absolute atomic E-state index is 14.8. The topological polar surface area (TPSA) is 86.8 Å². The summed E-state index contributed by atoms with van der Waals surface area (Å²) in [4.78, 5) is 28.9. The van der Waals surface area contributed by atoms with Crippen LogP contribution in [0.15, 0.2) is 72.8 Å². The molecule has 3 aromatic rings. The zero-order valence-corrected chi connectivity index (χ0v) is 24.8. The van der Waals surface area contributed by atoms with Crippen molar-refractivity contribution in [2.75, 3.05) is 17.1 Å². The number of nitrogens with zero attached hydrogens (tertiary/aromatic N) is 2. The van der Waals surface area contributed by atoms with E-state index in [0.717, 1.165) is 16.1 Å². The van der Waals surface area contributed by atoms with Crippen molar-refractivity contribution < 1.29 is 22.4 Å². The molecule has 0 aromatic heterocycles. The molecule has 1 N–H and O–H groups in total. The molecule has 0 bridgehead atoms. The van der Waals surface area contributed by atoms with E-state index in [0.29, 0.717) is 6.42 Å². The number of amides is 2. The minimum Gasteiger partial charge on any atom is -0.352 e. The number of anilines is 1. The highest BCUT2D eigenvalue weighted by Crippen LogP contribution is 2.34. The van der Waals surface area contributed by atoms with Crippen molar-refractivity contribution in [1.82, 2.24) is 10.2 Å². The molecule has 0 aliphatic carbocycles. The van der Waals surface area contributed by atoms with Crippen molar-refractivity contribution >= 4 is 50.7 Å². The summed E-state index contributed by atoms with van der Waals surface area (Å²) in [7, 11) is -4.03. The maximum atomic E-state index is 14.8. The van der Waals surface area contributed by atoms with Crippen LogP contribution in [-0.4, -0.2) is 50.0 Å². The molecule has 2 atom stereocenters. The van der Waals surface area contributed by atoms with Crippen LogP contribution in [0.2, 0.25) is 10.0 Å². The van der Waals surface area contributed by atoms with E-state index in [-0.39, 0.29) is 40.3 Å². The predicted octanol–water partition coefficient (Wildman–Crippen LogP) is 5.45. The van der Waals surface area contributed by atoms with Gasteiger partial charge in [-0.25, -0.2) is 12.8 Å². The van der Waals surface area contributed by atoms with Crippen molar-refractivity contribution in [3.63, 3.8) is 0 Å². The number of benzene rings is 3. The van der Waals surface area contributed by atoms with Crippen LogP contribution in [0, 0.1) is 5.82 Å². The summed E-state index contributed by atoms with van der Waals surface area (Å²) in [5.74, 6) is -1.71. The summed E-state index contributed by atoms with van der Waals surface area (Å²) in [6.45, 7) is 2.80. The summed E-state index contributed by atoms with van der Waals surface area (Å²) in [6.07, 6.45) is 1.72. The van der Waals surface area contributed by atoms with Gasteiger partial charge >= 0.3 is 0 Å². The van der Waals surface area contributed by atoms with Crippen LogP contribution < -0.4 is 9.62 Å². The summed E-state index contributed by atoms with van der Waals surface area (Å²) < 4.78 is 41.4. The average molecular weight is 609 g/mol. The molecule has 0 saturated carbocycles. The molecule has 3 rings (SSSR count). The van der Waals surface area contributed by atoms with Crippen LogP contribution in [-0.2, 0) is 32.6 Å². The van der Waals surface area contributed by atoms with Crippen molar-refractivity contribution in [3.8, 4) is 0 Å². The van der Waals surface area contributed by atoms with Crippen molar-refractivity contribution in [2.45, 2.75) is 45.3 Å². The SMILES string of the molecule is CCC(C)NC(=O)C(Cc1ccccc1)N(Cc1ccccc1F)C(=O)CN(c1cccc(Cl)c1Cl)S(C)(=O)=O. The molecular formula is C29H32Cl2FN3O4S. The van der Waals surface area contributed by atoms with Crippen LogP contribution in [0.25, 0.3) is 0 Å². The lowest BCUT2D eigenvalue weighted by Crippen LogP contribution is -2.54. The average Bonchev–Trinajstić information content (AvgIpc) is 2.91. The van der Waals surface area contributed by atoms with Gasteiger partial charge in [0, 0.05) is 24.6 Å². The third kappa shape index (κ3) is 8.19. The molecule has 40 heavy (non-hydrogen) atoms. The highest BCUT2D eigenvalue weighted by atomic mass is 35.5. The Bertz CT molecular complexity index is 1440. The fraction of sp³-hybridized carbons (Fsp3) is 0.310. The molecule has 11 heteroatoms. The van der Waals surface area contributed by atoms with E-state index in [1.54, 1.807) is 6.07 Å². The Labute approximate surface area is 244 Å². The zero-order chi connectivity index (χ0) is 29.4. The highest BCUT2D eigenvalue weighted by molar-refractivity contribution is 7.92. The second-order valence-corrected chi connectivity index (χ2v) is 12.2. The van der Waals surface area contributed by atoms with E-state index in [1.165, 1.54) is 41.3 Å². The predicted molar refractivity (Wildman–Crippen MR) is 157 cm³/mol. The fourth-order valence-electron chi connectivity index (χ4n) is 4.08. The molecule has 0 radical (unpaired) electrons. The number of hydrogen-bond donors (Lipinski definition) is 1. The zero-order valence-electron chi connectivity index (χ0n) is 22.5. The minimum absolute atomic E-state index is 0.0134. The van der Waals surface area contributed by atoms with Gasteiger partial charge in [0.15, 0.2) is 0 Å². The van der Waals surface area contributed by atoms with Crippen molar-refractivity contribution in [3.05, 3.63) is 99.8 Å². The largest absolute Gasteiger partial charge is 0.352 e. The van der Waals surface area contributed by atoms with Crippen LogP contribution in [0.3, 0.4) is 0 Å². The summed E-state index contributed by atoms with van der Waals surface area (Å²) in [5.41, 5.74) is 0.965. The molecule has 0 fully saturated rings. The second kappa shape index (κ2) is 14.0. The minimum atomic E-state index is -4.03. The number of rotatable bonds is 12. The molecule has 2 amide bonds. The number of sulfonamides is 1. The molecule has 214 valence electrons. The van der Waals surface area contributed by atoms with Gasteiger partial charge in [0.25, 0.3) is 0 Å². The Morgan fingerprint density at radius 2 is 1.62 bits per heavy atom. The van der Waals surface area contributed by atoms with Gasteiger partial charge in [-0.2, -0.15) is 0 Å². The van der Waals surface area contributed by atoms with Crippen LogP contribution >= 0.6 is 23.2 Å². The molecule has 0 spiro atoms. The number of halogens is 3. The molecule has 0 aliphatic rings. The first kappa shape index (κ1) is 31.4. The summed E-state index contributed by atoms with van der Waals surface area (Å²) in [6, 6.07) is 18.2. The van der Waals surface area contributed by atoms with Crippen LogP contribution in [0.4, 0.5) is 10.1 Å². The summed E-state index contributed by atoms with van der Waals surface area (Å²) >= 11 is 12.5. The Hall–Kier alpha value is -3.14. The maximum Gasteiger partial charge on any atom is 0.244 e. The highest BCUT2D eigenvalue weighted by Gasteiger charge is 2.34. The Kier molecular flexibility index (Phi) is 11.0. The molecular weight excluding hydrogens is 576 g/mol. The first-order valence-electron chi connectivity index (χ1n) is 12.7. The smallest absolute Gasteiger partial charge is 0.244 e. The van der Waals surface area contributed by atoms with E-state index in [4.69, 9.17) is 23.2 Å². The molecule has 2 unspecified atom stereocenters. The van der Waals surface area contributed by atoms with E-state index in [9.17, 15) is 22.4 Å². The third-order valence-corrected chi connectivity index (χ3v) is 8.39. The molecule has 0 aliphatic heterocycles. The lowest BCUT2D eigenvalue weighted by molar-refractivity contribution is -0.140. The van der Waals surface area contributed by atoms with Gasteiger partial charge in [-0.1, -0.05) is 84.7 Å². The summed E-state index contributed by atoms with van der Waals surface area (Å²) in [5, 5.41) is 2.99. The number of hydrogen-bond acceptors (Lipinski definition) is 4. The first-order chi connectivity index (χ1) is 18.9. The fourth-order valence-corrected chi connectivity index (χ4v) is 5.39. The number of carbonyl (C=O) groups excluding carboxylic acids is 2. The Morgan fingerprint density at radius 3 is 2.25 bits per heavy atom. The number of carbonyl (C=O) groups is 2. The van der Waals surface area contributed by atoms with Gasteiger partial charge in [-0.15, -0.1) is 0 Å². The van der Waals surface area contributed by atoms with Crippen LogP contribution in [0.5, 0.6) is 0 Å². The van der Waals surface area contributed by atoms with Gasteiger partial charge < -0.3 is 10.2 Å². The first-order valence-corrected chi connectivity index (χ1v) is 15.3. The molecule has 0 saturated heterocycles. The molecule has 0 heterocycles. The van der Waals surface area contributed by atoms with Gasteiger partial charge in [-0.05, 0) is 37.1 Å². The quantitative estimate of drug-likeness (QED) is 0.296. The monoisotopic (exact) mass is 607 g/mol. The van der Waals surface area contributed by atoms with Gasteiger partial charge in [0.1, 0.15) is 18.4 Å². The lowest BCUT2D eigenvalue weighted by Gasteiger charge is -2.34. The molecule has 3 aromatic carbocycles. The van der Waals surface area contributed by atoms with Gasteiger partial charge in [0.05, 0.1) is 22.0 Å². The Balaban J connectivity index is 2.10. The van der Waals surface area contributed by atoms with E-state index in [2.05, 4.69) is 5.32 Å². The van der Waals surface area contributed by atoms with Gasteiger partial charge in [0.2, 0.25) is 21.8 Å². The van der Waals surface area contributed by atoms with E-state index >= 15 is 0 Å². The second-order valence-electron chi connectivity index (χ2n) is 9.48. The van der Waals surface area contributed by atoms with Crippen LogP contribution in [0.1, 0.15) is 31.4 Å².